The van der Waals surface area contributed by atoms with Gasteiger partial charge in [-0.15, -0.1) is 0 Å². The van der Waals surface area contributed by atoms with Crippen molar-refractivity contribution in [2.24, 2.45) is 0 Å². The van der Waals surface area contributed by atoms with Gasteiger partial charge in [-0.1, -0.05) is 84.9 Å². The summed E-state index contributed by atoms with van der Waals surface area (Å²) in [7, 11) is 0. The fourth-order valence-corrected chi connectivity index (χ4v) is 9.54. The average molecular weight is 908 g/mol. The van der Waals surface area contributed by atoms with Crippen molar-refractivity contribution >= 4 is 43.6 Å². The number of aryl methyl sites for hydroxylation is 3. The minimum absolute atomic E-state index is 0.0550. The molecule has 2 heterocycles. The van der Waals surface area contributed by atoms with Gasteiger partial charge in [-0.25, -0.2) is 0 Å². The summed E-state index contributed by atoms with van der Waals surface area (Å²) in [5.74, 6) is 0. The molecule has 0 fully saturated rings. The zero-order chi connectivity index (χ0) is 47.3. The largest absolute Gasteiger partial charge is 0.417 e. The standard InChI is InChI=1S/C55H34F9N3/c1-30-19-35(23-38(21-30)53(56,57)58)33-15-17-42-40-10-4-6-13-46(40)66(49(42)25-33)48-28-44(52-32(3)9-8-12-45(52)55(62,63)64)51(27-37(48)29-65)67-47-14-7-5-11-41(47)43-18-16-34(26-50(43)67)36-20-31(2)22-39(24-36)54(59,60)61/h4-28H,1-3H3. The van der Waals surface area contributed by atoms with E-state index >= 15 is 13.2 Å². The number of nitrogens with zero attached hydrogens (tertiary/aromatic N) is 3. The first-order valence-corrected chi connectivity index (χ1v) is 21.0. The summed E-state index contributed by atoms with van der Waals surface area (Å²) in [6.07, 6.45) is -14.1. The number of fused-ring (bicyclic) bond motifs is 6. The SMILES string of the molecule is Cc1cc(-c2ccc3c4ccccc4n(-c4cc(-c5c(C)cccc5C(F)(F)F)c(-n5c6ccccc6c6ccc(-c7cc(C)cc(C(F)(F)F)c7)cc65)cc4C#N)c3c2)cc(C(F)(F)F)c1. The Kier molecular flexibility index (Phi) is 9.92. The van der Waals surface area contributed by atoms with Crippen molar-refractivity contribution in [2.75, 3.05) is 0 Å². The first kappa shape index (κ1) is 43.1. The summed E-state index contributed by atoms with van der Waals surface area (Å²) >= 11 is 0. The second-order valence-electron chi connectivity index (χ2n) is 16.8. The van der Waals surface area contributed by atoms with Crippen molar-refractivity contribution in [1.29, 1.82) is 5.26 Å². The lowest BCUT2D eigenvalue weighted by molar-refractivity contribution is -0.138. The molecule has 0 spiro atoms. The quantitative estimate of drug-likeness (QED) is 0.158. The predicted molar refractivity (Wildman–Crippen MR) is 245 cm³/mol. The minimum atomic E-state index is -4.84. The Bertz CT molecular complexity index is 3710. The van der Waals surface area contributed by atoms with Gasteiger partial charge in [0.15, 0.2) is 0 Å². The molecule has 8 aromatic carbocycles. The van der Waals surface area contributed by atoms with Crippen LogP contribution in [0.5, 0.6) is 0 Å². The van der Waals surface area contributed by atoms with Gasteiger partial charge in [-0.05, 0) is 132 Å². The zero-order valence-electron chi connectivity index (χ0n) is 35.7. The van der Waals surface area contributed by atoms with Crippen molar-refractivity contribution in [3.05, 3.63) is 191 Å². The van der Waals surface area contributed by atoms with Gasteiger partial charge in [-0.2, -0.15) is 44.8 Å². The molecule has 0 amide bonds. The number of rotatable bonds is 5. The smallest absolute Gasteiger partial charge is 0.309 e. The molecule has 0 atom stereocenters. The number of para-hydroxylation sites is 2. The van der Waals surface area contributed by atoms with Crippen LogP contribution in [0.4, 0.5) is 39.5 Å². The number of alkyl halides is 9. The normalized spacial score (nSPS) is 12.5. The Balaban J connectivity index is 1.32. The molecule has 0 aliphatic heterocycles. The van der Waals surface area contributed by atoms with Crippen LogP contribution in [0.1, 0.15) is 38.9 Å². The van der Waals surface area contributed by atoms with E-state index in [0.29, 0.717) is 66.0 Å². The molecule has 3 nitrogen and oxygen atoms in total. The van der Waals surface area contributed by atoms with Gasteiger partial charge in [0.05, 0.1) is 55.7 Å². The fraction of sp³-hybridized carbons (Fsp3) is 0.109. The highest BCUT2D eigenvalue weighted by molar-refractivity contribution is 6.12. The van der Waals surface area contributed by atoms with Crippen LogP contribution in [0.15, 0.2) is 152 Å². The third-order valence-electron chi connectivity index (χ3n) is 12.4. The Labute approximate surface area is 377 Å². The molecule has 0 unspecified atom stereocenters. The molecule has 0 N–H and O–H groups in total. The molecule has 67 heavy (non-hydrogen) atoms. The van der Waals surface area contributed by atoms with Gasteiger partial charge in [0, 0.05) is 27.1 Å². The van der Waals surface area contributed by atoms with Crippen LogP contribution in [0, 0.1) is 32.1 Å². The molecule has 0 aliphatic carbocycles. The van der Waals surface area contributed by atoms with Crippen molar-refractivity contribution in [2.45, 2.75) is 39.3 Å². The third-order valence-corrected chi connectivity index (χ3v) is 12.4. The van der Waals surface area contributed by atoms with Crippen molar-refractivity contribution in [3.8, 4) is 50.8 Å². The van der Waals surface area contributed by atoms with Crippen molar-refractivity contribution < 1.29 is 39.5 Å². The van der Waals surface area contributed by atoms with E-state index in [9.17, 15) is 31.6 Å². The monoisotopic (exact) mass is 907 g/mol. The zero-order valence-corrected chi connectivity index (χ0v) is 35.7. The molecule has 10 rings (SSSR count). The minimum Gasteiger partial charge on any atom is -0.309 e. The van der Waals surface area contributed by atoms with E-state index in [1.807, 2.05) is 18.2 Å². The van der Waals surface area contributed by atoms with Crippen LogP contribution < -0.4 is 0 Å². The number of benzene rings is 8. The Hall–Kier alpha value is -7.78. The Morgan fingerprint density at radius 3 is 1.37 bits per heavy atom. The van der Waals surface area contributed by atoms with E-state index in [4.69, 9.17) is 0 Å². The third kappa shape index (κ3) is 7.35. The first-order chi connectivity index (χ1) is 31.8. The summed E-state index contributed by atoms with van der Waals surface area (Å²) in [5.41, 5.74) is 2.39. The van der Waals surface area contributed by atoms with E-state index in [-0.39, 0.29) is 39.2 Å². The number of hydrogen-bond donors (Lipinski definition) is 0. The molecule has 0 saturated carbocycles. The summed E-state index contributed by atoms with van der Waals surface area (Å²) in [6.45, 7) is 4.70. The van der Waals surface area contributed by atoms with Gasteiger partial charge in [0.1, 0.15) is 6.07 Å². The van der Waals surface area contributed by atoms with Crippen molar-refractivity contribution in [1.82, 2.24) is 9.13 Å². The topological polar surface area (TPSA) is 33.6 Å². The second-order valence-corrected chi connectivity index (χ2v) is 16.8. The maximum absolute atomic E-state index is 15.3. The molecule has 0 bridgehead atoms. The van der Waals surface area contributed by atoms with Crippen molar-refractivity contribution in [3.63, 3.8) is 0 Å². The first-order valence-electron chi connectivity index (χ1n) is 21.0. The molecule has 332 valence electrons. The predicted octanol–water partition coefficient (Wildman–Crippen LogP) is 16.7. The molecule has 0 radical (unpaired) electrons. The van der Waals surface area contributed by atoms with E-state index in [1.54, 1.807) is 121 Å². The highest BCUT2D eigenvalue weighted by Gasteiger charge is 2.36. The van der Waals surface area contributed by atoms with Crippen LogP contribution in [-0.2, 0) is 18.5 Å². The molecule has 0 saturated heterocycles. The molecule has 10 aromatic rings. The fourth-order valence-electron chi connectivity index (χ4n) is 9.54. The van der Waals surface area contributed by atoms with Gasteiger partial charge in [0.2, 0.25) is 0 Å². The lowest BCUT2D eigenvalue weighted by atomic mass is 9.91. The molecule has 2 aromatic heterocycles. The number of nitriles is 1. The maximum Gasteiger partial charge on any atom is 0.417 e. The van der Waals surface area contributed by atoms with Crippen LogP contribution in [0.3, 0.4) is 0 Å². The summed E-state index contributed by atoms with van der Waals surface area (Å²) < 4.78 is 134. The Morgan fingerprint density at radius 1 is 0.418 bits per heavy atom. The van der Waals surface area contributed by atoms with Gasteiger partial charge in [0.25, 0.3) is 0 Å². The summed E-state index contributed by atoms with van der Waals surface area (Å²) in [5, 5.41) is 13.9. The van der Waals surface area contributed by atoms with Gasteiger partial charge >= 0.3 is 18.5 Å². The maximum atomic E-state index is 15.3. The van der Waals surface area contributed by atoms with Crippen LogP contribution >= 0.6 is 0 Å². The molecule has 12 heteroatoms. The highest BCUT2D eigenvalue weighted by Crippen LogP contribution is 2.47. The van der Waals surface area contributed by atoms with E-state index in [1.165, 1.54) is 12.1 Å². The van der Waals surface area contributed by atoms with E-state index in [2.05, 4.69) is 6.07 Å². The highest BCUT2D eigenvalue weighted by atomic mass is 19.4. The number of halogens is 9. The summed E-state index contributed by atoms with van der Waals surface area (Å²) in [4.78, 5) is 0. The molecule has 0 aliphatic rings. The summed E-state index contributed by atoms with van der Waals surface area (Å²) in [6, 6.07) is 41.7. The lowest BCUT2D eigenvalue weighted by Crippen LogP contribution is -2.10. The van der Waals surface area contributed by atoms with Gasteiger partial charge < -0.3 is 9.13 Å². The van der Waals surface area contributed by atoms with Crippen LogP contribution in [0.25, 0.3) is 88.4 Å². The molecular formula is C55H34F9N3. The van der Waals surface area contributed by atoms with Gasteiger partial charge in [-0.3, -0.25) is 0 Å². The van der Waals surface area contributed by atoms with Crippen LogP contribution in [0.2, 0.25) is 0 Å². The molecular weight excluding hydrogens is 874 g/mol. The van der Waals surface area contributed by atoms with E-state index in [0.717, 1.165) is 35.7 Å². The Morgan fingerprint density at radius 2 is 0.896 bits per heavy atom. The number of hydrogen-bond acceptors (Lipinski definition) is 1. The second kappa shape index (κ2) is 15.4. The lowest BCUT2D eigenvalue weighted by Gasteiger charge is -2.22. The van der Waals surface area contributed by atoms with E-state index < -0.39 is 35.2 Å². The average Bonchev–Trinajstić information content (AvgIpc) is 3.79. The van der Waals surface area contributed by atoms with Crippen LogP contribution in [-0.4, -0.2) is 9.13 Å². The number of aromatic nitrogens is 2.